The molecule has 1 fully saturated rings. The fourth-order valence-electron chi connectivity index (χ4n) is 3.92. The van der Waals surface area contributed by atoms with Crippen LogP contribution in [0.25, 0.3) is 11.0 Å². The van der Waals surface area contributed by atoms with Crippen molar-refractivity contribution in [3.63, 3.8) is 0 Å². The predicted molar refractivity (Wildman–Crippen MR) is 106 cm³/mol. The molecular formula is C22H26N2O3. The van der Waals surface area contributed by atoms with Crippen LogP contribution in [0, 0.1) is 13.8 Å². The zero-order valence-electron chi connectivity index (χ0n) is 16.0. The number of rotatable bonds is 6. The van der Waals surface area contributed by atoms with Gasteiger partial charge >= 0.3 is 5.63 Å². The number of likely N-dealkylation sites (tertiary alicyclic amines) is 1. The lowest BCUT2D eigenvalue weighted by atomic mass is 10.0. The minimum atomic E-state index is -0.301. The van der Waals surface area contributed by atoms with Crippen molar-refractivity contribution in [3.8, 4) is 0 Å². The summed E-state index contributed by atoms with van der Waals surface area (Å²) < 4.78 is 11.1. The molecule has 4 rings (SSSR count). The van der Waals surface area contributed by atoms with Crippen molar-refractivity contribution in [1.82, 2.24) is 10.2 Å². The van der Waals surface area contributed by atoms with E-state index in [1.165, 1.54) is 18.4 Å². The van der Waals surface area contributed by atoms with Gasteiger partial charge in [-0.05, 0) is 80.7 Å². The first kappa shape index (κ1) is 18.0. The van der Waals surface area contributed by atoms with E-state index in [-0.39, 0.29) is 11.7 Å². The van der Waals surface area contributed by atoms with Crippen LogP contribution in [0.2, 0.25) is 0 Å². The molecule has 0 unspecified atom stereocenters. The Morgan fingerprint density at radius 2 is 1.93 bits per heavy atom. The summed E-state index contributed by atoms with van der Waals surface area (Å²) in [6.07, 6.45) is 4.21. The Labute approximate surface area is 159 Å². The monoisotopic (exact) mass is 366 g/mol. The number of aryl methyl sites for hydroxylation is 2. The van der Waals surface area contributed by atoms with Crippen LogP contribution in [0.15, 0.2) is 50.2 Å². The molecule has 1 saturated heterocycles. The summed E-state index contributed by atoms with van der Waals surface area (Å²) in [5, 5.41) is 4.54. The van der Waals surface area contributed by atoms with Gasteiger partial charge in [-0.15, -0.1) is 0 Å². The van der Waals surface area contributed by atoms with Gasteiger partial charge in [-0.3, -0.25) is 4.90 Å². The predicted octanol–water partition coefficient (Wildman–Crippen LogP) is 3.93. The molecule has 0 aliphatic carbocycles. The van der Waals surface area contributed by atoms with Gasteiger partial charge in [0.2, 0.25) is 0 Å². The second kappa shape index (κ2) is 7.71. The zero-order valence-corrected chi connectivity index (χ0v) is 16.0. The number of hydrogen-bond acceptors (Lipinski definition) is 5. The summed E-state index contributed by atoms with van der Waals surface area (Å²) >= 11 is 0. The quantitative estimate of drug-likeness (QED) is 0.670. The van der Waals surface area contributed by atoms with Crippen LogP contribution < -0.4 is 10.9 Å². The molecule has 2 aromatic heterocycles. The highest BCUT2D eigenvalue weighted by molar-refractivity contribution is 5.81. The van der Waals surface area contributed by atoms with Crippen molar-refractivity contribution in [2.45, 2.75) is 39.3 Å². The third-order valence-corrected chi connectivity index (χ3v) is 5.55. The number of fused-ring (bicyclic) bond motifs is 1. The van der Waals surface area contributed by atoms with Crippen molar-refractivity contribution in [2.75, 3.05) is 19.6 Å². The molecular weight excluding hydrogens is 340 g/mol. The smallest absolute Gasteiger partial charge is 0.336 e. The van der Waals surface area contributed by atoms with Gasteiger partial charge in [0.25, 0.3) is 0 Å². The van der Waals surface area contributed by atoms with E-state index >= 15 is 0 Å². The molecule has 0 bridgehead atoms. The molecule has 3 aromatic rings. The number of benzene rings is 1. The maximum absolute atomic E-state index is 12.0. The van der Waals surface area contributed by atoms with E-state index in [2.05, 4.69) is 23.2 Å². The zero-order chi connectivity index (χ0) is 18.8. The maximum atomic E-state index is 12.0. The number of nitrogens with one attached hydrogen (secondary N) is 1. The molecule has 0 saturated carbocycles. The third kappa shape index (κ3) is 3.84. The van der Waals surface area contributed by atoms with Crippen LogP contribution in [-0.2, 0) is 6.54 Å². The van der Waals surface area contributed by atoms with Crippen LogP contribution in [-0.4, -0.2) is 24.5 Å². The van der Waals surface area contributed by atoms with E-state index in [1.54, 1.807) is 12.3 Å². The van der Waals surface area contributed by atoms with Gasteiger partial charge in [0.1, 0.15) is 11.3 Å². The lowest BCUT2D eigenvalue weighted by Gasteiger charge is -2.26. The average Bonchev–Trinajstić information content (AvgIpc) is 3.34. The van der Waals surface area contributed by atoms with Crippen LogP contribution in [0.4, 0.5) is 0 Å². The molecule has 0 spiro atoms. The summed E-state index contributed by atoms with van der Waals surface area (Å²) in [6.45, 7) is 7.71. The van der Waals surface area contributed by atoms with E-state index in [0.717, 1.165) is 41.9 Å². The number of hydrogen-bond donors (Lipinski definition) is 1. The Hall–Kier alpha value is -2.37. The van der Waals surface area contributed by atoms with Gasteiger partial charge in [-0.1, -0.05) is 0 Å². The fourth-order valence-corrected chi connectivity index (χ4v) is 3.92. The highest BCUT2D eigenvalue weighted by atomic mass is 16.4. The van der Waals surface area contributed by atoms with Crippen molar-refractivity contribution >= 4 is 11.0 Å². The first-order chi connectivity index (χ1) is 13.1. The van der Waals surface area contributed by atoms with Crippen molar-refractivity contribution < 1.29 is 8.83 Å². The van der Waals surface area contributed by atoms with Gasteiger partial charge in [0.15, 0.2) is 0 Å². The standard InChI is InChI=1S/C22H26N2O3/c1-15-10-18-17(12-22(25)27-21(18)11-16(15)2)13-23-14-19(20-6-5-9-26-20)24-7-3-4-8-24/h5-6,9-12,19,23H,3-4,7-8,13-14H2,1-2H3/t19-/m0/s1. The van der Waals surface area contributed by atoms with Crippen molar-refractivity contribution in [2.24, 2.45) is 0 Å². The fraction of sp³-hybridized carbons (Fsp3) is 0.409. The van der Waals surface area contributed by atoms with E-state index < -0.39 is 0 Å². The van der Waals surface area contributed by atoms with Gasteiger partial charge in [-0.25, -0.2) is 4.79 Å². The van der Waals surface area contributed by atoms with E-state index in [4.69, 9.17) is 8.83 Å². The van der Waals surface area contributed by atoms with Gasteiger partial charge < -0.3 is 14.2 Å². The minimum Gasteiger partial charge on any atom is -0.468 e. The molecule has 1 aliphatic heterocycles. The third-order valence-electron chi connectivity index (χ3n) is 5.55. The summed E-state index contributed by atoms with van der Waals surface area (Å²) in [4.78, 5) is 14.4. The first-order valence-corrected chi connectivity index (χ1v) is 9.64. The van der Waals surface area contributed by atoms with Crippen LogP contribution >= 0.6 is 0 Å². The Balaban J connectivity index is 1.54. The number of nitrogens with zero attached hydrogens (tertiary/aromatic N) is 1. The van der Waals surface area contributed by atoms with Crippen LogP contribution in [0.3, 0.4) is 0 Å². The summed E-state index contributed by atoms with van der Waals surface area (Å²) in [6, 6.07) is 9.86. The SMILES string of the molecule is Cc1cc2oc(=O)cc(CNC[C@@H](c3ccco3)N3CCCC3)c2cc1C. The molecule has 5 nitrogen and oxygen atoms in total. The summed E-state index contributed by atoms with van der Waals surface area (Å²) in [5.41, 5.74) is 3.66. The molecule has 0 amide bonds. The normalized spacial score (nSPS) is 16.2. The highest BCUT2D eigenvalue weighted by Gasteiger charge is 2.25. The summed E-state index contributed by atoms with van der Waals surface area (Å²) in [5.74, 6) is 0.994. The maximum Gasteiger partial charge on any atom is 0.336 e. The highest BCUT2D eigenvalue weighted by Crippen LogP contribution is 2.26. The van der Waals surface area contributed by atoms with Crippen LogP contribution in [0.5, 0.6) is 0 Å². The molecule has 1 atom stereocenters. The van der Waals surface area contributed by atoms with E-state index in [9.17, 15) is 4.79 Å². The Bertz CT molecular complexity index is 969. The second-order valence-corrected chi connectivity index (χ2v) is 7.43. The Morgan fingerprint density at radius 3 is 2.67 bits per heavy atom. The van der Waals surface area contributed by atoms with Crippen molar-refractivity contribution in [1.29, 1.82) is 0 Å². The molecule has 27 heavy (non-hydrogen) atoms. The average molecular weight is 366 g/mol. The van der Waals surface area contributed by atoms with Crippen LogP contribution in [0.1, 0.15) is 41.3 Å². The lowest BCUT2D eigenvalue weighted by Crippen LogP contribution is -2.33. The molecule has 1 aliphatic rings. The molecule has 1 aromatic carbocycles. The largest absolute Gasteiger partial charge is 0.468 e. The van der Waals surface area contributed by atoms with Gasteiger partial charge in [0.05, 0.1) is 12.3 Å². The van der Waals surface area contributed by atoms with E-state index in [1.807, 2.05) is 25.1 Å². The summed E-state index contributed by atoms with van der Waals surface area (Å²) in [7, 11) is 0. The Kier molecular flexibility index (Phi) is 5.14. The van der Waals surface area contributed by atoms with Gasteiger partial charge in [-0.2, -0.15) is 0 Å². The Morgan fingerprint density at radius 1 is 1.15 bits per heavy atom. The second-order valence-electron chi connectivity index (χ2n) is 7.43. The molecule has 5 heteroatoms. The van der Waals surface area contributed by atoms with E-state index in [0.29, 0.717) is 12.1 Å². The van der Waals surface area contributed by atoms with Crippen molar-refractivity contribution in [3.05, 3.63) is 69.5 Å². The minimum absolute atomic E-state index is 0.220. The molecule has 3 heterocycles. The number of furan rings is 1. The topological polar surface area (TPSA) is 58.6 Å². The first-order valence-electron chi connectivity index (χ1n) is 9.64. The lowest BCUT2D eigenvalue weighted by molar-refractivity contribution is 0.209. The molecule has 0 radical (unpaired) electrons. The van der Waals surface area contributed by atoms with Gasteiger partial charge in [0, 0.05) is 24.5 Å². The molecule has 142 valence electrons. The molecule has 1 N–H and O–H groups in total.